The number of ether oxygens (including phenoxy) is 1. The molecule has 160 valence electrons. The first-order valence-electron chi connectivity index (χ1n) is 10.4. The van der Waals surface area contributed by atoms with Gasteiger partial charge in [-0.15, -0.1) is 11.8 Å². The van der Waals surface area contributed by atoms with Gasteiger partial charge < -0.3 is 14.7 Å². The lowest BCUT2D eigenvalue weighted by molar-refractivity contribution is 0.0203. The highest BCUT2D eigenvalue weighted by molar-refractivity contribution is 8.00. The van der Waals surface area contributed by atoms with Gasteiger partial charge in [0.15, 0.2) is 0 Å². The molecule has 4 rings (SSSR count). The molecule has 4 nitrogen and oxygen atoms in total. The summed E-state index contributed by atoms with van der Waals surface area (Å²) in [5.41, 5.74) is 2.78. The molecule has 1 saturated heterocycles. The van der Waals surface area contributed by atoms with Gasteiger partial charge in [-0.1, -0.05) is 18.2 Å². The number of benzene rings is 2. The Morgan fingerprint density at radius 2 is 2.00 bits per heavy atom. The average Bonchev–Trinajstić information content (AvgIpc) is 3.07. The van der Waals surface area contributed by atoms with E-state index in [1.165, 1.54) is 23.3 Å². The van der Waals surface area contributed by atoms with Gasteiger partial charge in [-0.3, -0.25) is 0 Å². The maximum atomic E-state index is 13.5. The minimum Gasteiger partial charge on any atom is -0.444 e. The van der Waals surface area contributed by atoms with E-state index in [0.717, 1.165) is 29.7 Å². The average molecular weight is 430 g/mol. The number of nitrogens with zero attached hydrogens (tertiary/aromatic N) is 1. The number of amides is 1. The summed E-state index contributed by atoms with van der Waals surface area (Å²) in [5, 5.41) is 9.56. The van der Waals surface area contributed by atoms with Crippen LogP contribution >= 0.6 is 11.8 Å². The van der Waals surface area contributed by atoms with Crippen LogP contribution in [0.25, 0.3) is 0 Å². The van der Waals surface area contributed by atoms with E-state index in [1.807, 2.05) is 31.7 Å². The van der Waals surface area contributed by atoms with E-state index in [2.05, 4.69) is 12.1 Å². The summed E-state index contributed by atoms with van der Waals surface area (Å²) in [4.78, 5) is 15.8. The number of thioether (sulfide) groups is 1. The second-order valence-corrected chi connectivity index (χ2v) is 10.5. The zero-order valence-electron chi connectivity index (χ0n) is 17.7. The number of hydrogen-bond donors (Lipinski definition) is 1. The van der Waals surface area contributed by atoms with E-state index < -0.39 is 5.60 Å². The van der Waals surface area contributed by atoms with Crippen LogP contribution in [0.2, 0.25) is 0 Å². The van der Waals surface area contributed by atoms with Gasteiger partial charge in [-0.25, -0.2) is 9.18 Å². The molecule has 2 atom stereocenters. The smallest absolute Gasteiger partial charge is 0.410 e. The quantitative estimate of drug-likeness (QED) is 0.723. The van der Waals surface area contributed by atoms with Crippen LogP contribution in [0.3, 0.4) is 0 Å². The first-order valence-corrected chi connectivity index (χ1v) is 11.2. The highest BCUT2D eigenvalue weighted by Gasteiger charge is 2.54. The Morgan fingerprint density at radius 1 is 1.27 bits per heavy atom. The Bertz CT molecular complexity index is 940. The summed E-state index contributed by atoms with van der Waals surface area (Å²) >= 11 is 1.71. The van der Waals surface area contributed by atoms with Crippen LogP contribution in [0.15, 0.2) is 47.4 Å². The van der Waals surface area contributed by atoms with Gasteiger partial charge in [0.2, 0.25) is 0 Å². The third-order valence-corrected chi connectivity index (χ3v) is 7.44. The van der Waals surface area contributed by atoms with Crippen molar-refractivity contribution in [2.75, 3.05) is 6.54 Å². The lowest BCUT2D eigenvalue weighted by Gasteiger charge is -2.43. The second kappa shape index (κ2) is 7.89. The van der Waals surface area contributed by atoms with Crippen LogP contribution in [0.4, 0.5) is 9.18 Å². The first-order chi connectivity index (χ1) is 14.2. The number of carbonyl (C=O) groups excluding carboxylic acids is 1. The van der Waals surface area contributed by atoms with Crippen molar-refractivity contribution < 1.29 is 19.0 Å². The molecule has 2 aromatic carbocycles. The molecule has 6 heteroatoms. The third-order valence-electron chi connectivity index (χ3n) is 5.88. The molecule has 0 aromatic heterocycles. The molecule has 2 aliphatic rings. The summed E-state index contributed by atoms with van der Waals surface area (Å²) in [6.45, 7) is 6.28. The number of rotatable bonds is 3. The number of aliphatic hydroxyl groups is 1. The molecular weight excluding hydrogens is 401 g/mol. The third kappa shape index (κ3) is 3.95. The van der Waals surface area contributed by atoms with Gasteiger partial charge in [-0.2, -0.15) is 0 Å². The van der Waals surface area contributed by atoms with E-state index in [-0.39, 0.29) is 29.3 Å². The van der Waals surface area contributed by atoms with Crippen LogP contribution < -0.4 is 0 Å². The topological polar surface area (TPSA) is 49.8 Å². The number of hydrogen-bond acceptors (Lipinski definition) is 4. The zero-order chi connectivity index (χ0) is 21.5. The molecule has 0 bridgehead atoms. The van der Waals surface area contributed by atoms with Crippen LogP contribution in [-0.2, 0) is 22.5 Å². The number of fused-ring (bicyclic) bond motifs is 3. The minimum absolute atomic E-state index is 0.00474. The Morgan fingerprint density at radius 3 is 2.67 bits per heavy atom. The molecule has 1 amide bonds. The Balaban J connectivity index is 1.74. The molecule has 1 aliphatic heterocycles. The van der Waals surface area contributed by atoms with Crippen molar-refractivity contribution in [3.8, 4) is 0 Å². The number of likely N-dealkylation sites (tertiary alicyclic amines) is 1. The Kier molecular flexibility index (Phi) is 5.58. The van der Waals surface area contributed by atoms with Crippen molar-refractivity contribution in [2.24, 2.45) is 0 Å². The van der Waals surface area contributed by atoms with Crippen LogP contribution in [0.1, 0.15) is 50.3 Å². The minimum atomic E-state index is -0.547. The van der Waals surface area contributed by atoms with Crippen molar-refractivity contribution in [1.29, 1.82) is 0 Å². The predicted molar refractivity (Wildman–Crippen MR) is 116 cm³/mol. The zero-order valence-corrected chi connectivity index (χ0v) is 18.5. The van der Waals surface area contributed by atoms with Gasteiger partial charge in [-0.05, 0) is 81.0 Å². The van der Waals surface area contributed by atoms with Gasteiger partial charge in [0.25, 0.3) is 0 Å². The van der Waals surface area contributed by atoms with E-state index in [4.69, 9.17) is 4.74 Å². The number of aliphatic hydroxyl groups excluding tert-OH is 1. The van der Waals surface area contributed by atoms with E-state index >= 15 is 0 Å². The van der Waals surface area contributed by atoms with Crippen molar-refractivity contribution in [1.82, 2.24) is 4.90 Å². The molecule has 1 heterocycles. The molecule has 30 heavy (non-hydrogen) atoms. The van der Waals surface area contributed by atoms with Gasteiger partial charge in [0.05, 0.1) is 17.4 Å². The highest BCUT2D eigenvalue weighted by Crippen LogP contribution is 2.56. The normalized spacial score (nSPS) is 23.1. The molecular formula is C24H28FNO3S. The van der Waals surface area contributed by atoms with Gasteiger partial charge in [0, 0.05) is 11.4 Å². The number of halogens is 1. The standard InChI is InChI=1S/C24H28FNO3S/c1-23(2,3)29-22(28)26-13-12-24(30-19-8-6-18(25)7-9-19)20-10-4-16(15-27)14-17(20)5-11-21(24)26/h4,6-10,14,21,27H,5,11-13,15H2,1-3H3. The molecule has 2 aromatic rings. The summed E-state index contributed by atoms with van der Waals surface area (Å²) in [5.74, 6) is -0.258. The fraction of sp³-hybridized carbons (Fsp3) is 0.458. The van der Waals surface area contributed by atoms with Gasteiger partial charge in [0.1, 0.15) is 11.4 Å². The molecule has 0 spiro atoms. The lowest BCUT2D eigenvalue weighted by atomic mass is 9.78. The van der Waals surface area contributed by atoms with Crippen LogP contribution in [0.5, 0.6) is 0 Å². The fourth-order valence-corrected chi connectivity index (χ4v) is 6.22. The van der Waals surface area contributed by atoms with E-state index in [0.29, 0.717) is 6.54 Å². The Hall–Kier alpha value is -2.05. The predicted octanol–water partition coefficient (Wildman–Crippen LogP) is 5.26. The molecule has 1 N–H and O–H groups in total. The van der Waals surface area contributed by atoms with E-state index in [1.54, 1.807) is 23.9 Å². The molecule has 2 unspecified atom stereocenters. The summed E-state index contributed by atoms with van der Waals surface area (Å²) in [6, 6.07) is 12.7. The number of carbonyl (C=O) groups is 1. The first kappa shape index (κ1) is 21.2. The summed E-state index contributed by atoms with van der Waals surface area (Å²) in [7, 11) is 0. The van der Waals surface area contributed by atoms with Crippen LogP contribution in [-0.4, -0.2) is 34.3 Å². The van der Waals surface area contributed by atoms with Crippen molar-refractivity contribution in [2.45, 2.75) is 67.9 Å². The summed E-state index contributed by atoms with van der Waals surface area (Å²) < 4.78 is 18.9. The maximum Gasteiger partial charge on any atom is 0.410 e. The summed E-state index contributed by atoms with van der Waals surface area (Å²) in [6.07, 6.45) is 2.20. The Labute approximate surface area is 181 Å². The van der Waals surface area contributed by atoms with Crippen molar-refractivity contribution in [3.05, 3.63) is 65.0 Å². The van der Waals surface area contributed by atoms with E-state index in [9.17, 15) is 14.3 Å². The van der Waals surface area contributed by atoms with Gasteiger partial charge >= 0.3 is 6.09 Å². The highest BCUT2D eigenvalue weighted by atomic mass is 32.2. The largest absolute Gasteiger partial charge is 0.444 e. The molecule has 1 fully saturated rings. The molecule has 0 radical (unpaired) electrons. The maximum absolute atomic E-state index is 13.5. The van der Waals surface area contributed by atoms with Crippen LogP contribution in [0, 0.1) is 5.82 Å². The van der Waals surface area contributed by atoms with Crippen molar-refractivity contribution >= 4 is 17.9 Å². The fourth-order valence-electron chi connectivity index (χ4n) is 4.65. The number of aryl methyl sites for hydroxylation is 1. The second-order valence-electron chi connectivity index (χ2n) is 9.07. The van der Waals surface area contributed by atoms with Crippen molar-refractivity contribution in [3.63, 3.8) is 0 Å². The molecule has 0 saturated carbocycles. The molecule has 1 aliphatic carbocycles. The SMILES string of the molecule is CC(C)(C)OC(=O)N1CCC2(Sc3ccc(F)cc3)c3ccc(CO)cc3CCC12. The monoisotopic (exact) mass is 429 g/mol. The lowest BCUT2D eigenvalue weighted by Crippen LogP contribution is -2.47.